The van der Waals surface area contributed by atoms with Gasteiger partial charge in [0, 0.05) is 19.5 Å². The zero-order valence-electron chi connectivity index (χ0n) is 3.35. The first-order chi connectivity index (χ1) is 2.27. The summed E-state index contributed by atoms with van der Waals surface area (Å²) in [6.45, 7) is 0. The fraction of sp³-hybridized carbons (Fsp3) is 0.500. The quantitative estimate of drug-likeness (QED) is 0.428. The molecule has 0 aromatic carbocycles. The molecule has 0 aliphatic rings. The summed E-state index contributed by atoms with van der Waals surface area (Å²) in [5.74, 6) is -0.782. The maximum Gasteiger partial charge on any atom is 0.307 e. The summed E-state index contributed by atoms with van der Waals surface area (Å²) in [7, 11) is 2.09. The van der Waals surface area contributed by atoms with Crippen molar-refractivity contribution in [3.8, 4) is 0 Å². The monoisotopic (exact) mass is 156 g/mol. The molecule has 1 N–H and O–H groups in total. The normalized spacial score (nSPS) is 6.17. The first-order valence-electron chi connectivity index (χ1n) is 1.19. The molecule has 2 nitrogen and oxygen atoms in total. The van der Waals surface area contributed by atoms with Gasteiger partial charge >= 0.3 is 5.97 Å². The molecular formula is C2H5O2PZn. The van der Waals surface area contributed by atoms with E-state index in [0.717, 1.165) is 0 Å². The molecule has 0 heterocycles. The molecule has 0 aliphatic carbocycles. The number of carbonyl (C=O) groups is 1. The van der Waals surface area contributed by atoms with E-state index in [1.807, 2.05) is 0 Å². The third-order valence-electron chi connectivity index (χ3n) is 0.175. The number of hydrogen-bond acceptors (Lipinski definition) is 1. The number of carboxylic acids is 1. The first kappa shape index (κ1) is 9.73. The van der Waals surface area contributed by atoms with Gasteiger partial charge in [-0.1, -0.05) is 0 Å². The van der Waals surface area contributed by atoms with E-state index in [-0.39, 0.29) is 25.6 Å². The molecule has 0 bridgehead atoms. The van der Waals surface area contributed by atoms with Crippen LogP contribution >= 0.6 is 9.24 Å². The van der Waals surface area contributed by atoms with Gasteiger partial charge in [-0.15, -0.1) is 9.24 Å². The van der Waals surface area contributed by atoms with Crippen molar-refractivity contribution in [1.82, 2.24) is 0 Å². The molecule has 0 rings (SSSR count). The molecule has 4 heteroatoms. The minimum atomic E-state index is -0.782. The second-order valence-corrected chi connectivity index (χ2v) is 1.01. The van der Waals surface area contributed by atoms with Crippen LogP contribution in [0.2, 0.25) is 0 Å². The Balaban J connectivity index is 0. The Morgan fingerprint density at radius 3 is 2.00 bits per heavy atom. The van der Waals surface area contributed by atoms with Gasteiger partial charge in [-0.2, -0.15) is 0 Å². The van der Waals surface area contributed by atoms with E-state index in [1.165, 1.54) is 0 Å². The minimum Gasteiger partial charge on any atom is -0.481 e. The van der Waals surface area contributed by atoms with Gasteiger partial charge in [-0.05, 0) is 0 Å². The minimum absolute atomic E-state index is 0. The standard InChI is InChI=1S/C2H5O2P.Zn/c3-2(4)1-5;/h1,5H2,(H,3,4);. The van der Waals surface area contributed by atoms with Crippen molar-refractivity contribution in [2.75, 3.05) is 6.16 Å². The fourth-order valence-electron chi connectivity index (χ4n) is 0. The van der Waals surface area contributed by atoms with Crippen LogP contribution in [0.5, 0.6) is 0 Å². The van der Waals surface area contributed by atoms with Gasteiger partial charge < -0.3 is 5.11 Å². The third-order valence-corrected chi connectivity index (χ3v) is 0.524. The van der Waals surface area contributed by atoms with E-state index >= 15 is 0 Å². The van der Waals surface area contributed by atoms with Crippen molar-refractivity contribution in [1.29, 1.82) is 0 Å². The molecule has 0 saturated heterocycles. The van der Waals surface area contributed by atoms with Crippen LogP contribution in [-0.4, -0.2) is 17.2 Å². The Morgan fingerprint density at radius 1 is 1.83 bits per heavy atom. The Hall–Kier alpha value is 0.523. The topological polar surface area (TPSA) is 37.3 Å². The van der Waals surface area contributed by atoms with Crippen LogP contribution in [0.3, 0.4) is 0 Å². The van der Waals surface area contributed by atoms with Crippen LogP contribution in [0.15, 0.2) is 0 Å². The molecule has 0 aliphatic heterocycles. The molecule has 0 amide bonds. The van der Waals surface area contributed by atoms with Gasteiger partial charge in [0.15, 0.2) is 0 Å². The molecule has 0 fully saturated rings. The second kappa shape index (κ2) is 5.52. The van der Waals surface area contributed by atoms with Crippen LogP contribution in [0.1, 0.15) is 0 Å². The Morgan fingerprint density at radius 2 is 2.00 bits per heavy atom. The van der Waals surface area contributed by atoms with Crippen LogP contribution in [0, 0.1) is 0 Å². The predicted molar refractivity (Wildman–Crippen MR) is 22.2 cm³/mol. The molecule has 6 heavy (non-hydrogen) atoms. The smallest absolute Gasteiger partial charge is 0.307 e. The van der Waals surface area contributed by atoms with Crippen LogP contribution in [0.4, 0.5) is 0 Å². The van der Waals surface area contributed by atoms with Gasteiger partial charge in [-0.3, -0.25) is 4.79 Å². The summed E-state index contributed by atoms with van der Waals surface area (Å²) in [5.41, 5.74) is 0. The SMILES string of the molecule is O=C(O)CP.[Zn]. The molecular weight excluding hydrogens is 152 g/mol. The van der Waals surface area contributed by atoms with Gasteiger partial charge in [-0.25, -0.2) is 0 Å². The summed E-state index contributed by atoms with van der Waals surface area (Å²) in [6, 6.07) is 0. The predicted octanol–water partition coefficient (Wildman–Crippen LogP) is -0.0564. The molecule has 0 spiro atoms. The van der Waals surface area contributed by atoms with E-state index in [0.29, 0.717) is 0 Å². The van der Waals surface area contributed by atoms with Crippen molar-refractivity contribution >= 4 is 15.2 Å². The summed E-state index contributed by atoms with van der Waals surface area (Å²) >= 11 is 0. The third kappa shape index (κ3) is 8.82. The summed E-state index contributed by atoms with van der Waals surface area (Å²) in [5, 5.41) is 7.70. The van der Waals surface area contributed by atoms with E-state index in [9.17, 15) is 4.79 Å². The number of hydrogen-bond donors (Lipinski definition) is 1. The molecule has 0 aromatic heterocycles. The largest absolute Gasteiger partial charge is 0.481 e. The zero-order valence-corrected chi connectivity index (χ0v) is 7.47. The van der Waals surface area contributed by atoms with Crippen LogP contribution < -0.4 is 0 Å². The molecule has 0 aromatic rings. The average molecular weight is 157 g/mol. The van der Waals surface area contributed by atoms with Gasteiger partial charge in [0.2, 0.25) is 0 Å². The zero-order chi connectivity index (χ0) is 4.28. The molecule has 0 saturated carbocycles. The number of aliphatic carboxylic acids is 1. The van der Waals surface area contributed by atoms with Crippen molar-refractivity contribution in [3.63, 3.8) is 0 Å². The van der Waals surface area contributed by atoms with Gasteiger partial charge in [0.05, 0.1) is 6.16 Å². The van der Waals surface area contributed by atoms with E-state index in [4.69, 9.17) is 5.11 Å². The van der Waals surface area contributed by atoms with Crippen LogP contribution in [0.25, 0.3) is 0 Å². The van der Waals surface area contributed by atoms with Gasteiger partial charge in [0.1, 0.15) is 0 Å². The number of carboxylic acid groups (broad SMARTS) is 1. The molecule has 0 radical (unpaired) electrons. The Labute approximate surface area is 51.3 Å². The maximum atomic E-state index is 9.35. The second-order valence-electron chi connectivity index (χ2n) is 0.598. The molecule has 32 valence electrons. The molecule has 1 unspecified atom stereocenters. The fourth-order valence-corrected chi connectivity index (χ4v) is 0. The van der Waals surface area contributed by atoms with E-state index < -0.39 is 5.97 Å². The summed E-state index contributed by atoms with van der Waals surface area (Å²) in [6.07, 6.45) is 0.139. The Bertz CT molecular complexity index is 46.8. The van der Waals surface area contributed by atoms with Crippen LogP contribution in [-0.2, 0) is 24.3 Å². The van der Waals surface area contributed by atoms with Gasteiger partial charge in [0.25, 0.3) is 0 Å². The Kier molecular flexibility index (Phi) is 8.95. The van der Waals surface area contributed by atoms with Crippen molar-refractivity contribution in [2.45, 2.75) is 0 Å². The maximum absolute atomic E-state index is 9.35. The number of rotatable bonds is 1. The molecule has 1 atom stereocenters. The summed E-state index contributed by atoms with van der Waals surface area (Å²) < 4.78 is 0. The van der Waals surface area contributed by atoms with Crippen molar-refractivity contribution < 1.29 is 29.4 Å². The first-order valence-corrected chi connectivity index (χ1v) is 2.01. The van der Waals surface area contributed by atoms with E-state index in [1.54, 1.807) is 0 Å². The van der Waals surface area contributed by atoms with Crippen molar-refractivity contribution in [3.05, 3.63) is 0 Å². The average Bonchev–Trinajstić information content (AvgIpc) is 1.38. The van der Waals surface area contributed by atoms with E-state index in [2.05, 4.69) is 9.24 Å². The summed E-state index contributed by atoms with van der Waals surface area (Å²) in [4.78, 5) is 9.35. The van der Waals surface area contributed by atoms with Crippen molar-refractivity contribution in [2.24, 2.45) is 0 Å².